The molecule has 1 aliphatic rings. The SMILES string of the molecule is Cc1cc2ccccc2cc1COC(=O)C1CC1. The van der Waals surface area contributed by atoms with Crippen LogP contribution in [0, 0.1) is 12.8 Å². The molecule has 92 valence electrons. The largest absolute Gasteiger partial charge is 0.461 e. The Balaban J connectivity index is 1.82. The lowest BCUT2D eigenvalue weighted by Gasteiger charge is -2.09. The molecule has 3 rings (SSSR count). The molecule has 2 heteroatoms. The Morgan fingerprint density at radius 2 is 1.89 bits per heavy atom. The van der Waals surface area contributed by atoms with E-state index in [-0.39, 0.29) is 11.9 Å². The first-order chi connectivity index (χ1) is 8.74. The summed E-state index contributed by atoms with van der Waals surface area (Å²) < 4.78 is 5.34. The fraction of sp³-hybridized carbons (Fsp3) is 0.312. The number of carbonyl (C=O) groups is 1. The molecule has 1 fully saturated rings. The number of hydrogen-bond donors (Lipinski definition) is 0. The first kappa shape index (κ1) is 11.3. The number of aryl methyl sites for hydroxylation is 1. The topological polar surface area (TPSA) is 26.3 Å². The number of benzene rings is 2. The van der Waals surface area contributed by atoms with E-state index in [2.05, 4.69) is 31.2 Å². The molecular weight excluding hydrogens is 224 g/mol. The van der Waals surface area contributed by atoms with E-state index in [9.17, 15) is 4.79 Å². The highest BCUT2D eigenvalue weighted by atomic mass is 16.5. The highest BCUT2D eigenvalue weighted by Gasteiger charge is 2.31. The maximum absolute atomic E-state index is 11.5. The highest BCUT2D eigenvalue weighted by molar-refractivity contribution is 5.84. The van der Waals surface area contributed by atoms with Gasteiger partial charge in [-0.05, 0) is 47.7 Å². The summed E-state index contributed by atoms with van der Waals surface area (Å²) in [5.74, 6) is 0.133. The summed E-state index contributed by atoms with van der Waals surface area (Å²) >= 11 is 0. The van der Waals surface area contributed by atoms with Crippen molar-refractivity contribution in [2.45, 2.75) is 26.4 Å². The first-order valence-electron chi connectivity index (χ1n) is 6.39. The molecule has 0 radical (unpaired) electrons. The Hall–Kier alpha value is -1.83. The zero-order valence-electron chi connectivity index (χ0n) is 10.5. The van der Waals surface area contributed by atoms with Crippen LogP contribution in [-0.4, -0.2) is 5.97 Å². The van der Waals surface area contributed by atoms with E-state index in [1.54, 1.807) is 0 Å². The van der Waals surface area contributed by atoms with E-state index in [1.165, 1.54) is 16.3 Å². The van der Waals surface area contributed by atoms with Crippen molar-refractivity contribution in [3.63, 3.8) is 0 Å². The van der Waals surface area contributed by atoms with Crippen molar-refractivity contribution >= 4 is 16.7 Å². The molecule has 2 aromatic carbocycles. The third-order valence-electron chi connectivity index (χ3n) is 3.48. The fourth-order valence-electron chi connectivity index (χ4n) is 2.14. The van der Waals surface area contributed by atoms with E-state index >= 15 is 0 Å². The van der Waals surface area contributed by atoms with Gasteiger partial charge in [0.1, 0.15) is 6.61 Å². The Morgan fingerprint density at radius 1 is 1.22 bits per heavy atom. The number of fused-ring (bicyclic) bond motifs is 1. The maximum atomic E-state index is 11.5. The van der Waals surface area contributed by atoms with Gasteiger partial charge in [-0.15, -0.1) is 0 Å². The summed E-state index contributed by atoms with van der Waals surface area (Å²) in [6.07, 6.45) is 1.99. The van der Waals surface area contributed by atoms with Crippen LogP contribution in [0.2, 0.25) is 0 Å². The lowest BCUT2D eigenvalue weighted by Crippen LogP contribution is -2.07. The van der Waals surface area contributed by atoms with Crippen LogP contribution in [0.4, 0.5) is 0 Å². The Morgan fingerprint density at radius 3 is 2.56 bits per heavy atom. The second-order valence-corrected chi connectivity index (χ2v) is 5.01. The summed E-state index contributed by atoms with van der Waals surface area (Å²) in [6.45, 7) is 2.46. The monoisotopic (exact) mass is 240 g/mol. The molecule has 0 heterocycles. The second-order valence-electron chi connectivity index (χ2n) is 5.01. The molecule has 1 saturated carbocycles. The lowest BCUT2D eigenvalue weighted by molar-refractivity contribution is -0.146. The molecule has 0 N–H and O–H groups in total. The van der Waals surface area contributed by atoms with Crippen molar-refractivity contribution in [1.82, 2.24) is 0 Å². The van der Waals surface area contributed by atoms with Gasteiger partial charge in [-0.1, -0.05) is 30.3 Å². The molecule has 0 aromatic heterocycles. The van der Waals surface area contributed by atoms with E-state index in [0.717, 1.165) is 18.4 Å². The normalized spacial score (nSPS) is 14.7. The standard InChI is InChI=1S/C16H16O2/c1-11-8-13-4-2-3-5-14(13)9-15(11)10-18-16(17)12-6-7-12/h2-5,8-9,12H,6-7,10H2,1H3. The van der Waals surface area contributed by atoms with E-state index in [1.807, 2.05) is 12.1 Å². The van der Waals surface area contributed by atoms with Crippen LogP contribution in [0.15, 0.2) is 36.4 Å². The van der Waals surface area contributed by atoms with E-state index in [4.69, 9.17) is 4.74 Å². The molecule has 2 nitrogen and oxygen atoms in total. The Bertz CT molecular complexity index is 597. The third-order valence-corrected chi connectivity index (χ3v) is 3.48. The van der Waals surface area contributed by atoms with Crippen LogP contribution in [0.3, 0.4) is 0 Å². The van der Waals surface area contributed by atoms with Gasteiger partial charge in [0.15, 0.2) is 0 Å². The minimum absolute atomic E-state index is 0.0393. The van der Waals surface area contributed by atoms with Crippen LogP contribution < -0.4 is 0 Å². The number of ether oxygens (including phenoxy) is 1. The number of hydrogen-bond acceptors (Lipinski definition) is 2. The summed E-state index contributed by atoms with van der Waals surface area (Å²) in [4.78, 5) is 11.5. The van der Waals surface area contributed by atoms with Crippen molar-refractivity contribution < 1.29 is 9.53 Å². The molecule has 0 aliphatic heterocycles. The average Bonchev–Trinajstić information content (AvgIpc) is 3.20. The maximum Gasteiger partial charge on any atom is 0.309 e. The Kier molecular flexibility index (Phi) is 2.78. The molecule has 2 aromatic rings. The number of rotatable bonds is 3. The average molecular weight is 240 g/mol. The number of carbonyl (C=O) groups excluding carboxylic acids is 1. The van der Waals surface area contributed by atoms with Gasteiger partial charge in [-0.3, -0.25) is 4.79 Å². The van der Waals surface area contributed by atoms with Gasteiger partial charge in [0.05, 0.1) is 5.92 Å². The summed E-state index contributed by atoms with van der Waals surface area (Å²) in [7, 11) is 0. The zero-order valence-corrected chi connectivity index (χ0v) is 10.5. The van der Waals surface area contributed by atoms with Gasteiger partial charge >= 0.3 is 5.97 Å². The van der Waals surface area contributed by atoms with Crippen molar-refractivity contribution in [2.24, 2.45) is 5.92 Å². The molecule has 0 saturated heterocycles. The van der Waals surface area contributed by atoms with Crippen LogP contribution in [0.5, 0.6) is 0 Å². The van der Waals surface area contributed by atoms with Crippen LogP contribution in [-0.2, 0) is 16.1 Å². The predicted octanol–water partition coefficient (Wildman–Crippen LogP) is 3.60. The van der Waals surface area contributed by atoms with Gasteiger partial charge in [0, 0.05) is 0 Å². The Labute approximate surface area is 107 Å². The molecule has 0 amide bonds. The quantitative estimate of drug-likeness (QED) is 0.766. The van der Waals surface area contributed by atoms with Crippen molar-refractivity contribution in [2.75, 3.05) is 0 Å². The molecule has 0 unspecified atom stereocenters. The minimum Gasteiger partial charge on any atom is -0.461 e. The van der Waals surface area contributed by atoms with Gasteiger partial charge in [0.25, 0.3) is 0 Å². The molecule has 1 aliphatic carbocycles. The van der Waals surface area contributed by atoms with Gasteiger partial charge in [-0.25, -0.2) is 0 Å². The third kappa shape index (κ3) is 2.23. The molecule has 0 spiro atoms. The zero-order chi connectivity index (χ0) is 12.5. The van der Waals surface area contributed by atoms with Gasteiger partial charge in [-0.2, -0.15) is 0 Å². The van der Waals surface area contributed by atoms with E-state index in [0.29, 0.717) is 6.61 Å². The second kappa shape index (κ2) is 4.45. The highest BCUT2D eigenvalue weighted by Crippen LogP contribution is 2.30. The molecule has 18 heavy (non-hydrogen) atoms. The predicted molar refractivity (Wildman–Crippen MR) is 71.2 cm³/mol. The van der Waals surface area contributed by atoms with Crippen LogP contribution >= 0.6 is 0 Å². The summed E-state index contributed by atoms with van der Waals surface area (Å²) in [5.41, 5.74) is 2.28. The number of esters is 1. The smallest absolute Gasteiger partial charge is 0.309 e. The summed E-state index contributed by atoms with van der Waals surface area (Å²) in [6, 6.07) is 12.5. The molecule has 0 bridgehead atoms. The first-order valence-corrected chi connectivity index (χ1v) is 6.39. The molecular formula is C16H16O2. The van der Waals surface area contributed by atoms with E-state index < -0.39 is 0 Å². The van der Waals surface area contributed by atoms with Crippen LogP contribution in [0.1, 0.15) is 24.0 Å². The minimum atomic E-state index is -0.0393. The fourth-order valence-corrected chi connectivity index (χ4v) is 2.14. The van der Waals surface area contributed by atoms with Crippen LogP contribution in [0.25, 0.3) is 10.8 Å². The summed E-state index contributed by atoms with van der Waals surface area (Å²) in [5, 5.41) is 2.42. The van der Waals surface area contributed by atoms with Crippen molar-refractivity contribution in [3.8, 4) is 0 Å². The van der Waals surface area contributed by atoms with Crippen molar-refractivity contribution in [3.05, 3.63) is 47.5 Å². The molecule has 0 atom stereocenters. The van der Waals surface area contributed by atoms with Gasteiger partial charge < -0.3 is 4.74 Å². The van der Waals surface area contributed by atoms with Crippen molar-refractivity contribution in [1.29, 1.82) is 0 Å². The lowest BCUT2D eigenvalue weighted by atomic mass is 10.0. The van der Waals surface area contributed by atoms with Gasteiger partial charge in [0.2, 0.25) is 0 Å².